The molecular weight excluding hydrogens is 463 g/mol. The number of guanidine groups is 1. The number of hydrogen-bond donors (Lipinski definition) is 2. The molecule has 150 valence electrons. The van der Waals surface area contributed by atoms with Gasteiger partial charge >= 0.3 is 0 Å². The van der Waals surface area contributed by atoms with Gasteiger partial charge in [0.05, 0.1) is 24.9 Å². The summed E-state index contributed by atoms with van der Waals surface area (Å²) in [5.41, 5.74) is 1.15. The van der Waals surface area contributed by atoms with Crippen molar-refractivity contribution in [3.8, 4) is 0 Å². The van der Waals surface area contributed by atoms with Gasteiger partial charge in [0.1, 0.15) is 5.01 Å². The molecule has 1 atom stereocenters. The molecule has 2 heterocycles. The Bertz CT molecular complexity index is 519. The summed E-state index contributed by atoms with van der Waals surface area (Å²) in [6.07, 6.45) is 3.55. The molecule has 8 heteroatoms. The van der Waals surface area contributed by atoms with Crippen LogP contribution in [0.1, 0.15) is 56.7 Å². The van der Waals surface area contributed by atoms with Crippen LogP contribution < -0.4 is 10.6 Å². The van der Waals surface area contributed by atoms with E-state index in [-0.39, 0.29) is 24.0 Å². The monoisotopic (exact) mass is 496 g/mol. The Morgan fingerprint density at radius 3 is 2.96 bits per heavy atom. The molecule has 1 fully saturated rings. The van der Waals surface area contributed by atoms with Gasteiger partial charge in [-0.1, -0.05) is 13.8 Å². The minimum atomic E-state index is 0. The van der Waals surface area contributed by atoms with E-state index in [0.717, 1.165) is 68.8 Å². The second-order valence-electron chi connectivity index (χ2n) is 6.51. The highest BCUT2D eigenvalue weighted by Crippen LogP contribution is 2.18. The number of rotatable bonds is 10. The molecule has 0 saturated carbocycles. The Balaban J connectivity index is 0.00000338. The average molecular weight is 496 g/mol. The molecule has 0 amide bonds. The summed E-state index contributed by atoms with van der Waals surface area (Å²) in [6.45, 7) is 11.0. The highest BCUT2D eigenvalue weighted by Gasteiger charge is 2.14. The van der Waals surface area contributed by atoms with Gasteiger partial charge in [-0.05, 0) is 32.1 Å². The Labute approximate surface area is 178 Å². The maximum Gasteiger partial charge on any atom is 0.191 e. The van der Waals surface area contributed by atoms with Gasteiger partial charge < -0.3 is 20.1 Å². The first-order valence-electron chi connectivity index (χ1n) is 9.34. The molecular formula is C18H33IN4O2S. The number of thiazole rings is 1. The molecule has 1 unspecified atom stereocenters. The van der Waals surface area contributed by atoms with Gasteiger partial charge in [0.2, 0.25) is 0 Å². The zero-order valence-electron chi connectivity index (χ0n) is 16.1. The summed E-state index contributed by atoms with van der Waals surface area (Å²) in [5.74, 6) is 1.30. The van der Waals surface area contributed by atoms with Crippen LogP contribution in [0.4, 0.5) is 0 Å². The molecule has 0 aliphatic carbocycles. The molecule has 0 spiro atoms. The summed E-state index contributed by atoms with van der Waals surface area (Å²) < 4.78 is 11.2. The normalized spacial score (nSPS) is 17.4. The first kappa shape index (κ1) is 23.6. The van der Waals surface area contributed by atoms with Crippen molar-refractivity contribution in [1.82, 2.24) is 15.6 Å². The van der Waals surface area contributed by atoms with E-state index in [2.05, 4.69) is 46.8 Å². The van der Waals surface area contributed by atoms with Crippen molar-refractivity contribution in [2.75, 3.05) is 32.9 Å². The summed E-state index contributed by atoms with van der Waals surface area (Å²) >= 11 is 1.68. The van der Waals surface area contributed by atoms with E-state index >= 15 is 0 Å². The van der Waals surface area contributed by atoms with Crippen LogP contribution >= 0.6 is 35.3 Å². The van der Waals surface area contributed by atoms with E-state index in [1.165, 1.54) is 0 Å². The van der Waals surface area contributed by atoms with Crippen LogP contribution in [0.2, 0.25) is 0 Å². The van der Waals surface area contributed by atoms with Crippen LogP contribution in [0, 0.1) is 0 Å². The fraction of sp³-hybridized carbons (Fsp3) is 0.778. The predicted molar refractivity (Wildman–Crippen MR) is 119 cm³/mol. The quantitative estimate of drug-likeness (QED) is 0.225. The van der Waals surface area contributed by atoms with Crippen LogP contribution in [0.15, 0.2) is 10.4 Å². The third-order valence-electron chi connectivity index (χ3n) is 3.96. The van der Waals surface area contributed by atoms with Crippen molar-refractivity contribution < 1.29 is 9.47 Å². The molecule has 0 bridgehead atoms. The van der Waals surface area contributed by atoms with Crippen LogP contribution in [-0.4, -0.2) is 50.0 Å². The van der Waals surface area contributed by atoms with Crippen LogP contribution in [-0.2, 0) is 16.0 Å². The van der Waals surface area contributed by atoms with Crippen molar-refractivity contribution in [3.05, 3.63) is 16.1 Å². The lowest BCUT2D eigenvalue weighted by molar-refractivity contribution is 0.0168. The van der Waals surface area contributed by atoms with E-state index in [4.69, 9.17) is 9.47 Å². The van der Waals surface area contributed by atoms with Gasteiger partial charge in [0.25, 0.3) is 0 Å². The number of nitrogens with one attached hydrogen (secondary N) is 2. The third-order valence-corrected chi connectivity index (χ3v) is 4.82. The van der Waals surface area contributed by atoms with Crippen LogP contribution in [0.25, 0.3) is 0 Å². The van der Waals surface area contributed by atoms with Crippen LogP contribution in [0.5, 0.6) is 0 Å². The van der Waals surface area contributed by atoms with Gasteiger partial charge in [0.15, 0.2) is 5.96 Å². The molecule has 1 aromatic rings. The molecule has 1 saturated heterocycles. The van der Waals surface area contributed by atoms with Crippen molar-refractivity contribution in [1.29, 1.82) is 0 Å². The molecule has 2 N–H and O–H groups in total. The number of halogens is 1. The second kappa shape index (κ2) is 13.7. The summed E-state index contributed by atoms with van der Waals surface area (Å²) in [6, 6.07) is 0. The maximum absolute atomic E-state index is 5.68. The fourth-order valence-electron chi connectivity index (χ4n) is 2.52. The SMILES string of the molecule is CCNC(=NCc1nc(C(C)C)cs1)NCCCOCC1CCCO1.I. The topological polar surface area (TPSA) is 67.8 Å². The lowest BCUT2D eigenvalue weighted by Crippen LogP contribution is -2.38. The number of aliphatic imine (C=N–C) groups is 1. The maximum atomic E-state index is 5.68. The highest BCUT2D eigenvalue weighted by molar-refractivity contribution is 14.0. The molecule has 1 aliphatic rings. The van der Waals surface area contributed by atoms with E-state index in [0.29, 0.717) is 18.6 Å². The first-order valence-corrected chi connectivity index (χ1v) is 10.2. The van der Waals surface area contributed by atoms with Gasteiger partial charge in [-0.25, -0.2) is 9.98 Å². The van der Waals surface area contributed by atoms with E-state index in [9.17, 15) is 0 Å². The molecule has 2 rings (SSSR count). The van der Waals surface area contributed by atoms with E-state index < -0.39 is 0 Å². The number of nitrogens with zero attached hydrogens (tertiary/aromatic N) is 2. The minimum absolute atomic E-state index is 0. The molecule has 6 nitrogen and oxygen atoms in total. The lowest BCUT2D eigenvalue weighted by atomic mass is 10.2. The Morgan fingerprint density at radius 2 is 2.31 bits per heavy atom. The summed E-state index contributed by atoms with van der Waals surface area (Å²) in [4.78, 5) is 9.24. The minimum Gasteiger partial charge on any atom is -0.379 e. The fourth-order valence-corrected chi connectivity index (χ4v) is 3.40. The van der Waals surface area contributed by atoms with Crippen molar-refractivity contribution in [2.24, 2.45) is 4.99 Å². The van der Waals surface area contributed by atoms with Gasteiger partial charge in [-0.15, -0.1) is 35.3 Å². The number of ether oxygens (including phenoxy) is 2. The molecule has 0 radical (unpaired) electrons. The smallest absolute Gasteiger partial charge is 0.191 e. The highest BCUT2D eigenvalue weighted by atomic mass is 127. The Morgan fingerprint density at radius 1 is 1.46 bits per heavy atom. The first-order chi connectivity index (χ1) is 12.2. The zero-order chi connectivity index (χ0) is 17.9. The lowest BCUT2D eigenvalue weighted by Gasteiger charge is -2.12. The van der Waals surface area contributed by atoms with Crippen molar-refractivity contribution in [3.63, 3.8) is 0 Å². The largest absolute Gasteiger partial charge is 0.379 e. The Kier molecular flexibility index (Phi) is 12.4. The van der Waals surface area contributed by atoms with Gasteiger partial charge in [0, 0.05) is 31.7 Å². The van der Waals surface area contributed by atoms with Crippen molar-refractivity contribution in [2.45, 2.75) is 58.6 Å². The number of aromatic nitrogens is 1. The molecule has 1 aromatic heterocycles. The molecule has 26 heavy (non-hydrogen) atoms. The number of hydrogen-bond acceptors (Lipinski definition) is 5. The standard InChI is InChI=1S/C18H32N4O2S.HI/c1-4-19-18(21-11-17-22-16(13-25-17)14(2)3)20-8-6-9-23-12-15-7-5-10-24-15;/h13-15H,4-12H2,1-3H3,(H2,19,20,21);1H. The average Bonchev–Trinajstić information content (AvgIpc) is 3.27. The second-order valence-corrected chi connectivity index (χ2v) is 7.45. The third kappa shape index (κ3) is 8.96. The Hall–Kier alpha value is -0.450. The van der Waals surface area contributed by atoms with E-state index in [1.807, 2.05) is 0 Å². The van der Waals surface area contributed by atoms with E-state index in [1.54, 1.807) is 11.3 Å². The van der Waals surface area contributed by atoms with Gasteiger partial charge in [-0.3, -0.25) is 0 Å². The van der Waals surface area contributed by atoms with Gasteiger partial charge in [-0.2, -0.15) is 0 Å². The summed E-state index contributed by atoms with van der Waals surface area (Å²) in [7, 11) is 0. The predicted octanol–water partition coefficient (Wildman–Crippen LogP) is 3.53. The summed E-state index contributed by atoms with van der Waals surface area (Å²) in [5, 5.41) is 9.81. The molecule has 0 aromatic carbocycles. The van der Waals surface area contributed by atoms with Crippen LogP contribution in [0.3, 0.4) is 0 Å². The molecule has 1 aliphatic heterocycles. The van der Waals surface area contributed by atoms with Crippen molar-refractivity contribution >= 4 is 41.3 Å². The zero-order valence-corrected chi connectivity index (χ0v) is 19.3.